The second-order valence-corrected chi connectivity index (χ2v) is 5.90. The summed E-state index contributed by atoms with van der Waals surface area (Å²) in [6.07, 6.45) is 0. The molecule has 2 unspecified atom stereocenters. The van der Waals surface area contributed by atoms with Crippen LogP contribution in [0.2, 0.25) is 10.0 Å². The summed E-state index contributed by atoms with van der Waals surface area (Å²) in [4.78, 5) is 14.3. The molecule has 2 rings (SSSR count). The second-order valence-electron chi connectivity index (χ2n) is 5.05. The molecule has 0 amide bonds. The summed E-state index contributed by atoms with van der Waals surface area (Å²) in [5, 5.41) is 4.54. The Balaban J connectivity index is 2.23. The van der Waals surface area contributed by atoms with Crippen molar-refractivity contribution >= 4 is 29.2 Å². The highest BCUT2D eigenvalue weighted by atomic mass is 35.5. The van der Waals surface area contributed by atoms with Crippen LogP contribution in [0.1, 0.15) is 25.5 Å². The molecule has 2 atom stereocenters. The van der Waals surface area contributed by atoms with Crippen molar-refractivity contribution in [3.05, 3.63) is 33.8 Å². The number of nitrogens with zero attached hydrogens (tertiary/aromatic N) is 1. The number of halogens is 2. The summed E-state index contributed by atoms with van der Waals surface area (Å²) >= 11 is 12.3. The number of benzene rings is 1. The van der Waals surface area contributed by atoms with Gasteiger partial charge in [0, 0.05) is 35.7 Å². The zero-order chi connectivity index (χ0) is 15.4. The number of esters is 1. The van der Waals surface area contributed by atoms with Gasteiger partial charge in [-0.2, -0.15) is 0 Å². The van der Waals surface area contributed by atoms with Gasteiger partial charge in [-0.1, -0.05) is 23.2 Å². The van der Waals surface area contributed by atoms with Gasteiger partial charge in [0.05, 0.1) is 6.61 Å². The van der Waals surface area contributed by atoms with Gasteiger partial charge in [0.15, 0.2) is 0 Å². The monoisotopic (exact) mass is 330 g/mol. The van der Waals surface area contributed by atoms with Crippen LogP contribution in [-0.4, -0.2) is 43.2 Å². The molecule has 0 aromatic heterocycles. The van der Waals surface area contributed by atoms with Gasteiger partial charge >= 0.3 is 5.97 Å². The van der Waals surface area contributed by atoms with Crippen molar-refractivity contribution in [2.75, 3.05) is 26.2 Å². The van der Waals surface area contributed by atoms with E-state index in [1.54, 1.807) is 12.1 Å². The zero-order valence-electron chi connectivity index (χ0n) is 12.2. The SMILES string of the molecule is CCOC(=O)C1CNCCN1C(C)c1cc(Cl)ccc1Cl. The Morgan fingerprint density at radius 2 is 2.29 bits per heavy atom. The molecule has 4 nitrogen and oxygen atoms in total. The molecular weight excluding hydrogens is 311 g/mol. The minimum atomic E-state index is -0.302. The largest absolute Gasteiger partial charge is 0.465 e. The van der Waals surface area contributed by atoms with Gasteiger partial charge in [-0.25, -0.2) is 0 Å². The van der Waals surface area contributed by atoms with Crippen molar-refractivity contribution < 1.29 is 9.53 Å². The second kappa shape index (κ2) is 7.45. The summed E-state index contributed by atoms with van der Waals surface area (Å²) in [6.45, 7) is 6.41. The standard InChI is InChI=1S/C15H20Cl2N2O2/c1-3-21-15(20)14-9-18-6-7-19(14)10(2)12-8-11(16)4-5-13(12)17/h4-5,8,10,14,18H,3,6-7,9H2,1-2H3. The van der Waals surface area contributed by atoms with Gasteiger partial charge < -0.3 is 10.1 Å². The summed E-state index contributed by atoms with van der Waals surface area (Å²) in [6, 6.07) is 5.10. The lowest BCUT2D eigenvalue weighted by atomic mass is 10.0. The molecule has 1 aliphatic rings. The first-order chi connectivity index (χ1) is 10.0. The Hall–Kier alpha value is -0.810. The topological polar surface area (TPSA) is 41.6 Å². The third-order valence-electron chi connectivity index (χ3n) is 3.75. The minimum Gasteiger partial charge on any atom is -0.465 e. The molecule has 116 valence electrons. The molecule has 0 saturated carbocycles. The predicted molar refractivity (Wildman–Crippen MR) is 84.9 cm³/mol. The normalized spacial score (nSPS) is 21.0. The van der Waals surface area contributed by atoms with Crippen LogP contribution in [0.25, 0.3) is 0 Å². The number of hydrogen-bond acceptors (Lipinski definition) is 4. The highest BCUT2D eigenvalue weighted by Crippen LogP contribution is 2.31. The first-order valence-corrected chi connectivity index (χ1v) is 7.88. The third-order valence-corrected chi connectivity index (χ3v) is 4.33. The molecule has 6 heteroatoms. The van der Waals surface area contributed by atoms with Gasteiger partial charge in [-0.15, -0.1) is 0 Å². The Labute approximate surface area is 135 Å². The van der Waals surface area contributed by atoms with Crippen LogP contribution in [0, 0.1) is 0 Å². The van der Waals surface area contributed by atoms with E-state index < -0.39 is 0 Å². The van der Waals surface area contributed by atoms with E-state index in [0.29, 0.717) is 23.2 Å². The van der Waals surface area contributed by atoms with E-state index in [-0.39, 0.29) is 18.1 Å². The van der Waals surface area contributed by atoms with Crippen molar-refractivity contribution in [1.82, 2.24) is 10.2 Å². The molecule has 1 N–H and O–H groups in total. The van der Waals surface area contributed by atoms with E-state index in [0.717, 1.165) is 18.7 Å². The van der Waals surface area contributed by atoms with Crippen molar-refractivity contribution in [1.29, 1.82) is 0 Å². The smallest absolute Gasteiger partial charge is 0.324 e. The fourth-order valence-corrected chi connectivity index (χ4v) is 3.11. The van der Waals surface area contributed by atoms with Gasteiger partial charge in [-0.05, 0) is 37.6 Å². The molecule has 0 spiro atoms. The summed E-state index contributed by atoms with van der Waals surface area (Å²) < 4.78 is 5.17. The van der Waals surface area contributed by atoms with Crippen molar-refractivity contribution in [2.45, 2.75) is 25.9 Å². The minimum absolute atomic E-state index is 0.00675. The Kier molecular flexibility index (Phi) is 5.88. The summed E-state index contributed by atoms with van der Waals surface area (Å²) in [5.74, 6) is -0.199. The third kappa shape index (κ3) is 3.89. The van der Waals surface area contributed by atoms with Gasteiger partial charge in [0.2, 0.25) is 0 Å². The van der Waals surface area contributed by atoms with Crippen LogP contribution in [0.15, 0.2) is 18.2 Å². The predicted octanol–water partition coefficient (Wildman–Crippen LogP) is 2.89. The number of ether oxygens (including phenoxy) is 1. The lowest BCUT2D eigenvalue weighted by molar-refractivity contribution is -0.151. The van der Waals surface area contributed by atoms with Crippen LogP contribution in [0.3, 0.4) is 0 Å². The maximum absolute atomic E-state index is 12.1. The molecule has 1 heterocycles. The van der Waals surface area contributed by atoms with Crippen LogP contribution < -0.4 is 5.32 Å². The van der Waals surface area contributed by atoms with Gasteiger partial charge in [-0.3, -0.25) is 9.69 Å². The molecule has 21 heavy (non-hydrogen) atoms. The van der Waals surface area contributed by atoms with E-state index in [2.05, 4.69) is 10.2 Å². The number of carbonyl (C=O) groups is 1. The molecule has 1 aromatic carbocycles. The van der Waals surface area contributed by atoms with E-state index in [4.69, 9.17) is 27.9 Å². The van der Waals surface area contributed by atoms with E-state index in [1.165, 1.54) is 0 Å². The number of hydrogen-bond donors (Lipinski definition) is 1. The summed E-state index contributed by atoms with van der Waals surface area (Å²) in [7, 11) is 0. The van der Waals surface area contributed by atoms with Gasteiger partial charge in [0.1, 0.15) is 6.04 Å². The molecule has 0 aliphatic carbocycles. The van der Waals surface area contributed by atoms with E-state index in [9.17, 15) is 4.79 Å². The molecule has 0 bridgehead atoms. The number of carbonyl (C=O) groups excluding carboxylic acids is 1. The van der Waals surface area contributed by atoms with Crippen molar-refractivity contribution in [3.63, 3.8) is 0 Å². The van der Waals surface area contributed by atoms with Crippen LogP contribution in [0.4, 0.5) is 0 Å². The summed E-state index contributed by atoms with van der Waals surface area (Å²) in [5.41, 5.74) is 0.931. The molecule has 1 aromatic rings. The molecule has 1 saturated heterocycles. The maximum atomic E-state index is 12.1. The Morgan fingerprint density at radius 1 is 1.52 bits per heavy atom. The number of rotatable bonds is 4. The fourth-order valence-electron chi connectivity index (χ4n) is 2.65. The highest BCUT2D eigenvalue weighted by Gasteiger charge is 2.34. The molecule has 1 aliphatic heterocycles. The first-order valence-electron chi connectivity index (χ1n) is 7.12. The Morgan fingerprint density at radius 3 is 3.00 bits per heavy atom. The fraction of sp³-hybridized carbons (Fsp3) is 0.533. The van der Waals surface area contributed by atoms with Crippen LogP contribution in [0.5, 0.6) is 0 Å². The lowest BCUT2D eigenvalue weighted by Gasteiger charge is -2.39. The van der Waals surface area contributed by atoms with Crippen LogP contribution in [-0.2, 0) is 9.53 Å². The van der Waals surface area contributed by atoms with Gasteiger partial charge in [0.25, 0.3) is 0 Å². The molecule has 0 radical (unpaired) electrons. The number of piperazine rings is 1. The number of nitrogens with one attached hydrogen (secondary N) is 1. The average Bonchev–Trinajstić information content (AvgIpc) is 2.49. The van der Waals surface area contributed by atoms with Crippen molar-refractivity contribution in [2.24, 2.45) is 0 Å². The molecular formula is C15H20Cl2N2O2. The quantitative estimate of drug-likeness (QED) is 0.862. The van der Waals surface area contributed by atoms with Crippen molar-refractivity contribution in [3.8, 4) is 0 Å². The first kappa shape index (κ1) is 16.6. The molecule has 1 fully saturated rings. The average molecular weight is 331 g/mol. The Bertz CT molecular complexity index is 510. The maximum Gasteiger partial charge on any atom is 0.324 e. The van der Waals surface area contributed by atoms with E-state index in [1.807, 2.05) is 19.9 Å². The lowest BCUT2D eigenvalue weighted by Crippen LogP contribution is -2.56. The zero-order valence-corrected chi connectivity index (χ0v) is 13.7. The highest BCUT2D eigenvalue weighted by molar-refractivity contribution is 6.33. The van der Waals surface area contributed by atoms with E-state index >= 15 is 0 Å². The van der Waals surface area contributed by atoms with Crippen LogP contribution >= 0.6 is 23.2 Å².